The lowest BCUT2D eigenvalue weighted by molar-refractivity contribution is -0.0366. The predicted octanol–water partition coefficient (Wildman–Crippen LogP) is 6.08. The quantitative estimate of drug-likeness (QED) is 0.285. The van der Waals surface area contributed by atoms with Crippen molar-refractivity contribution in [2.45, 2.75) is 116 Å². The molecule has 0 unspecified atom stereocenters. The molecule has 166 valence electrons. The van der Waals surface area contributed by atoms with E-state index in [-0.39, 0.29) is 23.4 Å². The molecule has 1 N–H and O–H groups in total. The largest absolute Gasteiger partial charge is 0.411 e. The summed E-state index contributed by atoms with van der Waals surface area (Å²) in [6.45, 7) is 20.2. The van der Waals surface area contributed by atoms with Gasteiger partial charge < -0.3 is 14.3 Å². The van der Waals surface area contributed by atoms with Gasteiger partial charge in [-0.25, -0.2) is 0 Å². The zero-order valence-corrected chi connectivity index (χ0v) is 22.2. The van der Waals surface area contributed by atoms with Gasteiger partial charge in [0.05, 0.1) is 24.4 Å². The lowest BCUT2D eigenvalue weighted by Gasteiger charge is -2.40. The average molecular weight is 437 g/mol. The first kappa shape index (κ1) is 26.4. The summed E-state index contributed by atoms with van der Waals surface area (Å²) in [6.07, 6.45) is 10.8. The fourth-order valence-electron chi connectivity index (χ4n) is 2.96. The summed E-state index contributed by atoms with van der Waals surface area (Å²) in [5.74, 6) is 3.15. The first-order valence-electron chi connectivity index (χ1n) is 11.1. The van der Waals surface area contributed by atoms with Crippen molar-refractivity contribution in [1.82, 2.24) is 0 Å². The number of aliphatic hydroxyl groups is 1. The van der Waals surface area contributed by atoms with E-state index >= 15 is 0 Å². The molecule has 29 heavy (non-hydrogen) atoms. The molecule has 0 saturated carbocycles. The van der Waals surface area contributed by atoms with E-state index in [4.69, 9.17) is 9.16 Å². The molecular formula is C24H44O3Si2. The average Bonchev–Trinajstić information content (AvgIpc) is 2.92. The predicted molar refractivity (Wildman–Crippen MR) is 130 cm³/mol. The highest BCUT2D eigenvalue weighted by atomic mass is 28.4. The van der Waals surface area contributed by atoms with Crippen LogP contribution in [0.2, 0.25) is 37.8 Å². The van der Waals surface area contributed by atoms with Gasteiger partial charge >= 0.3 is 0 Å². The fraction of sp³-hybridized carbons (Fsp3) is 0.750. The van der Waals surface area contributed by atoms with E-state index < -0.39 is 22.5 Å². The second-order valence-electron chi connectivity index (χ2n) is 10.7. The van der Waals surface area contributed by atoms with Gasteiger partial charge in [-0.15, -0.1) is 5.54 Å². The Kier molecular flexibility index (Phi) is 10.1. The van der Waals surface area contributed by atoms with Crippen LogP contribution in [0.5, 0.6) is 0 Å². The molecular weight excluding hydrogens is 392 g/mol. The maximum atomic E-state index is 10.6. The van der Waals surface area contributed by atoms with Gasteiger partial charge in [-0.3, -0.25) is 0 Å². The Morgan fingerprint density at radius 2 is 1.79 bits per heavy atom. The van der Waals surface area contributed by atoms with Crippen LogP contribution in [0, 0.1) is 11.5 Å². The molecule has 1 heterocycles. The monoisotopic (exact) mass is 436 g/mol. The van der Waals surface area contributed by atoms with Crippen LogP contribution in [0.4, 0.5) is 0 Å². The van der Waals surface area contributed by atoms with Crippen molar-refractivity contribution < 1.29 is 14.3 Å². The van der Waals surface area contributed by atoms with Crippen LogP contribution in [-0.2, 0) is 9.16 Å². The highest BCUT2D eigenvalue weighted by Crippen LogP contribution is 2.39. The zero-order valence-electron chi connectivity index (χ0n) is 20.2. The number of ether oxygens (including phenoxy) is 1. The van der Waals surface area contributed by atoms with Gasteiger partial charge in [0, 0.05) is 6.42 Å². The molecule has 0 bridgehead atoms. The maximum Gasteiger partial charge on any atom is 0.192 e. The van der Waals surface area contributed by atoms with Gasteiger partial charge in [-0.2, -0.15) is 0 Å². The lowest BCUT2D eigenvalue weighted by Crippen LogP contribution is -2.47. The highest BCUT2D eigenvalue weighted by Gasteiger charge is 2.44. The summed E-state index contributed by atoms with van der Waals surface area (Å²) in [6, 6.07) is 0. The number of aliphatic hydroxyl groups excluding tert-OH is 1. The van der Waals surface area contributed by atoms with Crippen molar-refractivity contribution in [3.63, 3.8) is 0 Å². The molecule has 1 saturated heterocycles. The molecule has 0 radical (unpaired) electrons. The van der Waals surface area contributed by atoms with E-state index in [2.05, 4.69) is 84.0 Å². The molecule has 1 fully saturated rings. The minimum Gasteiger partial charge on any atom is -0.411 e. The van der Waals surface area contributed by atoms with Gasteiger partial charge in [0.15, 0.2) is 8.32 Å². The minimum absolute atomic E-state index is 0.00555. The van der Waals surface area contributed by atoms with Crippen molar-refractivity contribution in [3.8, 4) is 11.5 Å². The van der Waals surface area contributed by atoms with E-state index in [0.29, 0.717) is 12.8 Å². The summed E-state index contributed by atoms with van der Waals surface area (Å²) in [5.41, 5.74) is 3.33. The first-order valence-corrected chi connectivity index (χ1v) is 17.5. The van der Waals surface area contributed by atoms with Crippen LogP contribution in [0.1, 0.15) is 53.4 Å². The van der Waals surface area contributed by atoms with Gasteiger partial charge in [0.1, 0.15) is 8.07 Å². The molecule has 1 aliphatic rings. The van der Waals surface area contributed by atoms with Crippen molar-refractivity contribution >= 4 is 16.4 Å². The molecule has 0 amide bonds. The van der Waals surface area contributed by atoms with Gasteiger partial charge in [-0.05, 0) is 43.5 Å². The number of hydrogen-bond acceptors (Lipinski definition) is 3. The van der Waals surface area contributed by atoms with Crippen LogP contribution < -0.4 is 0 Å². The van der Waals surface area contributed by atoms with Gasteiger partial charge in [0.25, 0.3) is 0 Å². The third kappa shape index (κ3) is 9.36. The number of rotatable bonds is 8. The molecule has 5 heteroatoms. The van der Waals surface area contributed by atoms with Crippen LogP contribution >= 0.6 is 0 Å². The van der Waals surface area contributed by atoms with Crippen LogP contribution in [0.3, 0.4) is 0 Å². The van der Waals surface area contributed by atoms with E-state index in [9.17, 15) is 5.11 Å². The van der Waals surface area contributed by atoms with E-state index in [1.807, 2.05) is 12.2 Å². The van der Waals surface area contributed by atoms with E-state index in [1.54, 1.807) is 0 Å². The highest BCUT2D eigenvalue weighted by molar-refractivity contribution is 6.83. The Labute approximate surface area is 182 Å². The van der Waals surface area contributed by atoms with Crippen molar-refractivity contribution in [2.24, 2.45) is 0 Å². The molecule has 1 aliphatic heterocycles. The second-order valence-corrected chi connectivity index (χ2v) is 20.2. The molecule has 0 aromatic carbocycles. The molecule has 0 spiro atoms. The molecule has 1 rings (SSSR count). The minimum atomic E-state index is -1.92. The van der Waals surface area contributed by atoms with E-state index in [1.165, 1.54) is 0 Å². The molecule has 3 nitrogen and oxygen atoms in total. The van der Waals surface area contributed by atoms with Crippen LogP contribution in [0.15, 0.2) is 24.3 Å². The lowest BCUT2D eigenvalue weighted by atomic mass is 10.0. The SMILES string of the molecule is CC/C=C/C[C@H](O[Si](C)(C)C(C)(C)C)[C@H]1C[C@@H](O)[C@@H](C/C=C/C#C[Si](C)(C)C)O1. The second kappa shape index (κ2) is 11.1. The summed E-state index contributed by atoms with van der Waals surface area (Å²) in [4.78, 5) is 0. The fourth-order valence-corrected chi connectivity index (χ4v) is 4.83. The summed E-state index contributed by atoms with van der Waals surface area (Å²) in [5, 5.41) is 10.7. The Balaban J connectivity index is 2.81. The van der Waals surface area contributed by atoms with Gasteiger partial charge in [0.2, 0.25) is 0 Å². The first-order chi connectivity index (χ1) is 13.3. The Morgan fingerprint density at radius 1 is 1.14 bits per heavy atom. The topological polar surface area (TPSA) is 38.7 Å². The number of hydrogen-bond donors (Lipinski definition) is 1. The summed E-state index contributed by atoms with van der Waals surface area (Å²) in [7, 11) is -3.26. The number of allylic oxidation sites excluding steroid dienone is 2. The molecule has 0 aliphatic carbocycles. The zero-order chi connectivity index (χ0) is 22.3. The summed E-state index contributed by atoms with van der Waals surface area (Å²) < 4.78 is 13.0. The van der Waals surface area contributed by atoms with Crippen LogP contribution in [0.25, 0.3) is 0 Å². The van der Waals surface area contributed by atoms with Crippen molar-refractivity contribution in [3.05, 3.63) is 24.3 Å². The van der Waals surface area contributed by atoms with E-state index in [0.717, 1.165) is 12.8 Å². The third-order valence-electron chi connectivity index (χ3n) is 5.71. The van der Waals surface area contributed by atoms with Crippen molar-refractivity contribution in [2.75, 3.05) is 0 Å². The van der Waals surface area contributed by atoms with Gasteiger partial charge in [-0.1, -0.05) is 71.5 Å². The molecule has 0 aromatic rings. The Morgan fingerprint density at radius 3 is 2.34 bits per heavy atom. The van der Waals surface area contributed by atoms with Crippen LogP contribution in [-0.4, -0.2) is 45.9 Å². The standard InChI is InChI=1S/C24H44O3Si2/c1-10-11-13-17-22(27-29(8,9)24(2,3)4)23-19-20(25)21(26-23)16-14-12-15-18-28(5,6)7/h11-14,20-23,25H,10,16-17,19H2,1-9H3/b13-11+,14-12+/t20-,21-,22+,23-/m1/s1. The molecule has 0 aromatic heterocycles. The van der Waals surface area contributed by atoms with Crippen molar-refractivity contribution in [1.29, 1.82) is 0 Å². The normalized spacial score (nSPS) is 24.8. The Bertz CT molecular complexity index is 615. The summed E-state index contributed by atoms with van der Waals surface area (Å²) >= 11 is 0. The smallest absolute Gasteiger partial charge is 0.192 e. The third-order valence-corrected chi connectivity index (χ3v) is 11.1. The Hall–Kier alpha value is -0.646. The molecule has 4 atom stereocenters. The maximum absolute atomic E-state index is 10.6.